The highest BCUT2D eigenvalue weighted by atomic mass is 19.1. The highest BCUT2D eigenvalue weighted by Gasteiger charge is 2.30. The number of benzene rings is 1. The van der Waals surface area contributed by atoms with Crippen molar-refractivity contribution < 1.29 is 14.2 Å². The Kier molecular flexibility index (Phi) is 5.52. The van der Waals surface area contributed by atoms with E-state index in [0.717, 1.165) is 44.3 Å². The summed E-state index contributed by atoms with van der Waals surface area (Å²) in [5.74, 6) is -0.284. The monoisotopic (exact) mass is 281 g/mol. The van der Waals surface area contributed by atoms with E-state index >= 15 is 0 Å². The van der Waals surface area contributed by atoms with Crippen molar-refractivity contribution >= 4 is 0 Å². The third kappa shape index (κ3) is 3.57. The lowest BCUT2D eigenvalue weighted by Gasteiger charge is -2.31. The first kappa shape index (κ1) is 15.4. The lowest BCUT2D eigenvalue weighted by atomic mass is 9.76. The Labute approximate surface area is 119 Å². The molecule has 2 rings (SSSR count). The van der Waals surface area contributed by atoms with E-state index in [0.29, 0.717) is 12.6 Å². The zero-order chi connectivity index (χ0) is 14.4. The predicted molar refractivity (Wildman–Crippen MR) is 77.0 cm³/mol. The Morgan fingerprint density at radius 3 is 2.90 bits per heavy atom. The van der Waals surface area contributed by atoms with Crippen molar-refractivity contribution in [2.24, 2.45) is 5.73 Å². The van der Waals surface area contributed by atoms with Crippen molar-refractivity contribution in [1.82, 2.24) is 0 Å². The van der Waals surface area contributed by atoms with Gasteiger partial charge in [-0.3, -0.25) is 0 Å². The minimum absolute atomic E-state index is 0.0571. The van der Waals surface area contributed by atoms with E-state index in [4.69, 9.17) is 10.5 Å². The fourth-order valence-corrected chi connectivity index (χ4v) is 2.96. The maximum Gasteiger partial charge on any atom is 0.123 e. The molecule has 1 aromatic carbocycles. The predicted octanol–water partition coefficient (Wildman–Crippen LogP) is 2.36. The molecule has 1 aromatic rings. The van der Waals surface area contributed by atoms with Gasteiger partial charge in [-0.1, -0.05) is 12.1 Å². The van der Waals surface area contributed by atoms with Gasteiger partial charge in [0.25, 0.3) is 0 Å². The molecule has 0 spiro atoms. The average Bonchev–Trinajstić information content (AvgIpc) is 2.97. The van der Waals surface area contributed by atoms with Gasteiger partial charge in [0.2, 0.25) is 0 Å². The quantitative estimate of drug-likeness (QED) is 0.806. The van der Waals surface area contributed by atoms with E-state index in [-0.39, 0.29) is 12.4 Å². The highest BCUT2D eigenvalue weighted by molar-refractivity contribution is 5.27. The van der Waals surface area contributed by atoms with Crippen LogP contribution >= 0.6 is 0 Å². The Bertz CT molecular complexity index is 415. The number of rotatable bonds is 7. The Hall–Kier alpha value is -0.970. The van der Waals surface area contributed by atoms with Crippen LogP contribution in [0.3, 0.4) is 0 Å². The molecule has 0 saturated carbocycles. The number of hydrogen-bond donors (Lipinski definition) is 2. The minimum atomic E-state index is -0.541. The van der Waals surface area contributed by atoms with Crippen molar-refractivity contribution in [1.29, 1.82) is 0 Å². The summed E-state index contributed by atoms with van der Waals surface area (Å²) in [6.07, 6.45) is 5.27. The number of nitrogens with two attached hydrogens (primary N) is 1. The zero-order valence-corrected chi connectivity index (χ0v) is 11.9. The molecule has 1 aliphatic rings. The average molecular weight is 281 g/mol. The number of aliphatic hydroxyl groups excluding tert-OH is 1. The summed E-state index contributed by atoms with van der Waals surface area (Å²) in [4.78, 5) is 0. The molecule has 2 unspecified atom stereocenters. The van der Waals surface area contributed by atoms with Crippen LogP contribution in [0.15, 0.2) is 24.3 Å². The second-order valence-electron chi connectivity index (χ2n) is 5.68. The molecule has 1 saturated heterocycles. The van der Waals surface area contributed by atoms with Crippen molar-refractivity contribution in [2.75, 3.05) is 19.8 Å². The number of ether oxygens (including phenoxy) is 1. The first-order valence-corrected chi connectivity index (χ1v) is 7.39. The summed E-state index contributed by atoms with van der Waals surface area (Å²) in [6, 6.07) is 6.41. The summed E-state index contributed by atoms with van der Waals surface area (Å²) in [7, 11) is 0. The van der Waals surface area contributed by atoms with E-state index in [1.807, 2.05) is 6.07 Å². The van der Waals surface area contributed by atoms with Gasteiger partial charge in [-0.25, -0.2) is 4.39 Å². The van der Waals surface area contributed by atoms with Crippen LogP contribution in [0.4, 0.5) is 4.39 Å². The lowest BCUT2D eigenvalue weighted by Crippen LogP contribution is -2.39. The van der Waals surface area contributed by atoms with Gasteiger partial charge in [0.1, 0.15) is 5.82 Å². The smallest absolute Gasteiger partial charge is 0.123 e. The number of hydrogen-bond acceptors (Lipinski definition) is 3. The highest BCUT2D eigenvalue weighted by Crippen LogP contribution is 2.30. The summed E-state index contributed by atoms with van der Waals surface area (Å²) >= 11 is 0. The molecular weight excluding hydrogens is 257 g/mol. The van der Waals surface area contributed by atoms with Crippen LogP contribution in [-0.2, 0) is 10.2 Å². The Balaban J connectivity index is 2.00. The zero-order valence-electron chi connectivity index (χ0n) is 11.9. The summed E-state index contributed by atoms with van der Waals surface area (Å²) in [5.41, 5.74) is 6.13. The molecule has 4 heteroatoms. The molecule has 20 heavy (non-hydrogen) atoms. The molecular formula is C16H24FNO2. The van der Waals surface area contributed by atoms with Crippen LogP contribution in [-0.4, -0.2) is 31.0 Å². The lowest BCUT2D eigenvalue weighted by molar-refractivity contribution is 0.0972. The van der Waals surface area contributed by atoms with Crippen molar-refractivity contribution in [3.8, 4) is 0 Å². The number of aliphatic hydroxyl groups is 1. The normalized spacial score (nSPS) is 21.9. The molecule has 2 atom stereocenters. The molecule has 0 aromatic heterocycles. The molecule has 0 radical (unpaired) electrons. The number of halogens is 1. The van der Waals surface area contributed by atoms with E-state index < -0.39 is 5.41 Å². The third-order valence-electron chi connectivity index (χ3n) is 4.34. The molecule has 3 nitrogen and oxygen atoms in total. The van der Waals surface area contributed by atoms with Crippen LogP contribution in [0, 0.1) is 5.82 Å². The first-order valence-electron chi connectivity index (χ1n) is 7.39. The Morgan fingerprint density at radius 1 is 1.45 bits per heavy atom. The van der Waals surface area contributed by atoms with Gasteiger partial charge < -0.3 is 15.6 Å². The fourth-order valence-electron chi connectivity index (χ4n) is 2.96. The topological polar surface area (TPSA) is 55.5 Å². The van der Waals surface area contributed by atoms with Crippen LogP contribution in [0.1, 0.15) is 37.7 Å². The van der Waals surface area contributed by atoms with Crippen LogP contribution in [0.25, 0.3) is 0 Å². The minimum Gasteiger partial charge on any atom is -0.395 e. The van der Waals surface area contributed by atoms with Crippen LogP contribution in [0.2, 0.25) is 0 Å². The van der Waals surface area contributed by atoms with Gasteiger partial charge in [0, 0.05) is 18.6 Å². The van der Waals surface area contributed by atoms with E-state index in [2.05, 4.69) is 0 Å². The van der Waals surface area contributed by atoms with Gasteiger partial charge in [-0.05, 0) is 49.8 Å². The van der Waals surface area contributed by atoms with E-state index in [1.165, 1.54) is 12.1 Å². The molecule has 112 valence electrons. The molecule has 0 amide bonds. The van der Waals surface area contributed by atoms with Gasteiger partial charge in [-0.15, -0.1) is 0 Å². The molecule has 1 heterocycles. The van der Waals surface area contributed by atoms with E-state index in [1.54, 1.807) is 6.07 Å². The second kappa shape index (κ2) is 7.16. The molecule has 0 bridgehead atoms. The van der Waals surface area contributed by atoms with Crippen LogP contribution < -0.4 is 5.73 Å². The first-order chi connectivity index (χ1) is 9.70. The standard InChI is InChI=1S/C16H24FNO2/c17-14-5-1-4-13(10-14)16(11-18,12-19)8-2-6-15-7-3-9-20-15/h1,4-5,10,15,19H,2-3,6-9,11-12,18H2. The third-order valence-corrected chi connectivity index (χ3v) is 4.34. The molecule has 3 N–H and O–H groups in total. The molecule has 0 aliphatic carbocycles. The fraction of sp³-hybridized carbons (Fsp3) is 0.625. The van der Waals surface area contributed by atoms with Gasteiger partial charge >= 0.3 is 0 Å². The maximum absolute atomic E-state index is 13.4. The van der Waals surface area contributed by atoms with Crippen molar-refractivity contribution in [3.05, 3.63) is 35.6 Å². The maximum atomic E-state index is 13.4. The second-order valence-corrected chi connectivity index (χ2v) is 5.68. The van der Waals surface area contributed by atoms with Gasteiger partial charge in [0.15, 0.2) is 0 Å². The van der Waals surface area contributed by atoms with Crippen molar-refractivity contribution in [3.63, 3.8) is 0 Å². The Morgan fingerprint density at radius 2 is 2.30 bits per heavy atom. The molecule has 1 fully saturated rings. The largest absolute Gasteiger partial charge is 0.395 e. The summed E-state index contributed by atoms with van der Waals surface area (Å²) < 4.78 is 19.0. The van der Waals surface area contributed by atoms with Gasteiger partial charge in [0.05, 0.1) is 12.7 Å². The summed E-state index contributed by atoms with van der Waals surface area (Å²) in [6.45, 7) is 1.12. The summed E-state index contributed by atoms with van der Waals surface area (Å²) in [5, 5.41) is 9.78. The van der Waals surface area contributed by atoms with Gasteiger partial charge in [-0.2, -0.15) is 0 Å². The molecule has 1 aliphatic heterocycles. The van der Waals surface area contributed by atoms with E-state index in [9.17, 15) is 9.50 Å². The van der Waals surface area contributed by atoms with Crippen LogP contribution in [0.5, 0.6) is 0 Å². The SMILES string of the molecule is NCC(CO)(CCCC1CCCO1)c1cccc(F)c1. The van der Waals surface area contributed by atoms with Crippen molar-refractivity contribution in [2.45, 2.75) is 43.6 Å².